The highest BCUT2D eigenvalue weighted by atomic mass is 15.3. The summed E-state index contributed by atoms with van der Waals surface area (Å²) in [6, 6.07) is 12.7. The Balaban J connectivity index is 1.94. The third kappa shape index (κ3) is 4.97. The largest absolute Gasteiger partial charge is 0.352 e. The highest BCUT2D eigenvalue weighted by Gasteiger charge is 2.10. The van der Waals surface area contributed by atoms with E-state index in [1.165, 1.54) is 16.7 Å². The predicted octanol–water partition coefficient (Wildman–Crippen LogP) is 5.41. The Morgan fingerprint density at radius 2 is 1.32 bits per heavy atom. The molecule has 2 aromatic carbocycles. The number of aromatic nitrogens is 3. The molecule has 6 nitrogen and oxygen atoms in total. The molecule has 0 aliphatic heterocycles. The van der Waals surface area contributed by atoms with E-state index in [0.717, 1.165) is 16.9 Å². The number of anilines is 5. The van der Waals surface area contributed by atoms with Crippen molar-refractivity contribution in [2.24, 2.45) is 0 Å². The zero-order chi connectivity index (χ0) is 20.3. The van der Waals surface area contributed by atoms with E-state index in [-0.39, 0.29) is 6.04 Å². The van der Waals surface area contributed by atoms with Crippen LogP contribution in [0.25, 0.3) is 0 Å². The molecule has 0 aliphatic carbocycles. The zero-order valence-corrected chi connectivity index (χ0v) is 17.4. The first-order valence-corrected chi connectivity index (χ1v) is 9.51. The Kier molecular flexibility index (Phi) is 5.78. The average molecular weight is 377 g/mol. The molecule has 0 spiro atoms. The Morgan fingerprint density at radius 1 is 0.679 bits per heavy atom. The molecule has 146 valence electrons. The molecule has 1 heterocycles. The highest BCUT2D eigenvalue weighted by molar-refractivity contribution is 5.62. The van der Waals surface area contributed by atoms with Crippen LogP contribution in [0.3, 0.4) is 0 Å². The van der Waals surface area contributed by atoms with Gasteiger partial charge in [0.05, 0.1) is 0 Å². The van der Waals surface area contributed by atoms with Gasteiger partial charge in [-0.15, -0.1) is 0 Å². The van der Waals surface area contributed by atoms with Gasteiger partial charge in [-0.1, -0.05) is 18.2 Å². The summed E-state index contributed by atoms with van der Waals surface area (Å²) >= 11 is 0. The summed E-state index contributed by atoms with van der Waals surface area (Å²) in [7, 11) is 0. The highest BCUT2D eigenvalue weighted by Crippen LogP contribution is 2.23. The van der Waals surface area contributed by atoms with Gasteiger partial charge in [-0.3, -0.25) is 0 Å². The maximum atomic E-state index is 4.57. The Morgan fingerprint density at radius 3 is 2.00 bits per heavy atom. The standard InChI is InChI=1S/C22H28N6/c1-13(2)23-20-26-21(24-18-10-9-15(4)17(6)12-18)28-22(27-20)25-19-11-14(3)7-8-16(19)5/h7-13H,1-6H3,(H3,23,24,25,26,27,28). The van der Waals surface area contributed by atoms with Gasteiger partial charge in [-0.25, -0.2) is 0 Å². The molecule has 0 saturated carbocycles. The van der Waals surface area contributed by atoms with E-state index >= 15 is 0 Å². The van der Waals surface area contributed by atoms with Crippen molar-refractivity contribution in [2.45, 2.75) is 47.6 Å². The second-order valence-corrected chi connectivity index (χ2v) is 7.47. The fraction of sp³-hybridized carbons (Fsp3) is 0.318. The first-order valence-electron chi connectivity index (χ1n) is 9.51. The number of hydrogen-bond donors (Lipinski definition) is 3. The third-order valence-corrected chi connectivity index (χ3v) is 4.46. The van der Waals surface area contributed by atoms with Gasteiger partial charge >= 0.3 is 0 Å². The van der Waals surface area contributed by atoms with Gasteiger partial charge in [0.2, 0.25) is 17.8 Å². The number of hydrogen-bond acceptors (Lipinski definition) is 6. The van der Waals surface area contributed by atoms with Crippen LogP contribution in [0.2, 0.25) is 0 Å². The summed E-state index contributed by atoms with van der Waals surface area (Å²) in [5.74, 6) is 1.52. The van der Waals surface area contributed by atoms with Crippen LogP contribution in [0.5, 0.6) is 0 Å². The van der Waals surface area contributed by atoms with Crippen LogP contribution >= 0.6 is 0 Å². The van der Waals surface area contributed by atoms with Crippen LogP contribution in [0.4, 0.5) is 29.2 Å². The van der Waals surface area contributed by atoms with E-state index in [4.69, 9.17) is 0 Å². The number of benzene rings is 2. The first kappa shape index (κ1) is 19.6. The van der Waals surface area contributed by atoms with Crippen molar-refractivity contribution in [1.29, 1.82) is 0 Å². The van der Waals surface area contributed by atoms with Crippen LogP contribution in [-0.4, -0.2) is 21.0 Å². The van der Waals surface area contributed by atoms with E-state index in [0.29, 0.717) is 17.8 Å². The SMILES string of the molecule is Cc1ccc(C)c(Nc2nc(Nc3ccc(C)c(C)c3)nc(NC(C)C)n2)c1. The zero-order valence-electron chi connectivity index (χ0n) is 17.4. The molecule has 1 aromatic heterocycles. The van der Waals surface area contributed by atoms with Crippen molar-refractivity contribution in [3.63, 3.8) is 0 Å². The molecule has 0 atom stereocenters. The van der Waals surface area contributed by atoms with Crippen LogP contribution in [-0.2, 0) is 0 Å². The maximum absolute atomic E-state index is 4.57. The van der Waals surface area contributed by atoms with Crippen molar-refractivity contribution in [3.8, 4) is 0 Å². The van der Waals surface area contributed by atoms with Crippen molar-refractivity contribution in [3.05, 3.63) is 58.7 Å². The van der Waals surface area contributed by atoms with Gasteiger partial charge < -0.3 is 16.0 Å². The van der Waals surface area contributed by atoms with E-state index in [9.17, 15) is 0 Å². The van der Waals surface area contributed by atoms with Gasteiger partial charge in [0.1, 0.15) is 0 Å². The lowest BCUT2D eigenvalue weighted by Gasteiger charge is -2.14. The topological polar surface area (TPSA) is 74.8 Å². The number of nitrogens with one attached hydrogen (secondary N) is 3. The predicted molar refractivity (Wildman–Crippen MR) is 117 cm³/mol. The van der Waals surface area contributed by atoms with Crippen LogP contribution in [0, 0.1) is 27.7 Å². The van der Waals surface area contributed by atoms with Crippen molar-refractivity contribution < 1.29 is 0 Å². The maximum Gasteiger partial charge on any atom is 0.233 e. The lowest BCUT2D eigenvalue weighted by Crippen LogP contribution is -2.15. The van der Waals surface area contributed by atoms with Gasteiger partial charge in [0.15, 0.2) is 0 Å². The minimum absolute atomic E-state index is 0.213. The summed E-state index contributed by atoms with van der Waals surface area (Å²) in [6.45, 7) is 12.4. The number of aryl methyl sites for hydroxylation is 4. The van der Waals surface area contributed by atoms with Crippen LogP contribution < -0.4 is 16.0 Å². The first-order chi connectivity index (χ1) is 13.3. The quantitative estimate of drug-likeness (QED) is 0.534. The summed E-state index contributed by atoms with van der Waals surface area (Å²) in [6.07, 6.45) is 0. The second-order valence-electron chi connectivity index (χ2n) is 7.47. The van der Waals surface area contributed by atoms with Crippen molar-refractivity contribution >= 4 is 29.2 Å². The number of nitrogens with zero attached hydrogens (tertiary/aromatic N) is 3. The molecule has 0 aliphatic rings. The van der Waals surface area contributed by atoms with Crippen LogP contribution in [0.15, 0.2) is 36.4 Å². The van der Waals surface area contributed by atoms with Gasteiger partial charge in [-0.05, 0) is 82.0 Å². The molecule has 3 rings (SSSR count). The molecule has 0 unspecified atom stereocenters. The molecular weight excluding hydrogens is 348 g/mol. The van der Waals surface area contributed by atoms with E-state index in [1.54, 1.807) is 0 Å². The molecule has 3 N–H and O–H groups in total. The Labute approximate surface area is 166 Å². The van der Waals surface area contributed by atoms with Crippen molar-refractivity contribution in [2.75, 3.05) is 16.0 Å². The van der Waals surface area contributed by atoms with Crippen LogP contribution in [0.1, 0.15) is 36.1 Å². The minimum atomic E-state index is 0.213. The van der Waals surface area contributed by atoms with E-state index < -0.39 is 0 Å². The third-order valence-electron chi connectivity index (χ3n) is 4.46. The fourth-order valence-corrected chi connectivity index (χ4v) is 2.75. The molecule has 0 fully saturated rings. The Bertz CT molecular complexity index is 981. The lowest BCUT2D eigenvalue weighted by molar-refractivity contribution is 0.869. The molecular formula is C22H28N6. The molecule has 0 saturated heterocycles. The summed E-state index contributed by atoms with van der Waals surface area (Å²) in [5.41, 5.74) is 6.71. The molecule has 0 bridgehead atoms. The van der Waals surface area contributed by atoms with Gasteiger partial charge in [0.25, 0.3) is 0 Å². The molecule has 0 radical (unpaired) electrons. The van der Waals surface area contributed by atoms with E-state index in [1.807, 2.05) is 6.07 Å². The van der Waals surface area contributed by atoms with Gasteiger partial charge in [-0.2, -0.15) is 15.0 Å². The molecule has 28 heavy (non-hydrogen) atoms. The summed E-state index contributed by atoms with van der Waals surface area (Å²) < 4.78 is 0. The van der Waals surface area contributed by atoms with Gasteiger partial charge in [0, 0.05) is 17.4 Å². The van der Waals surface area contributed by atoms with E-state index in [2.05, 4.69) is 103 Å². The normalized spacial score (nSPS) is 10.8. The summed E-state index contributed by atoms with van der Waals surface area (Å²) in [5, 5.41) is 9.89. The summed E-state index contributed by atoms with van der Waals surface area (Å²) in [4.78, 5) is 13.6. The lowest BCUT2D eigenvalue weighted by atomic mass is 10.1. The molecule has 6 heteroatoms. The Hall–Kier alpha value is -3.15. The molecule has 0 amide bonds. The number of rotatable bonds is 6. The fourth-order valence-electron chi connectivity index (χ4n) is 2.75. The monoisotopic (exact) mass is 376 g/mol. The minimum Gasteiger partial charge on any atom is -0.352 e. The average Bonchev–Trinajstić information content (AvgIpc) is 2.60. The second kappa shape index (κ2) is 8.25. The van der Waals surface area contributed by atoms with Crippen molar-refractivity contribution in [1.82, 2.24) is 15.0 Å². The molecule has 3 aromatic rings. The smallest absolute Gasteiger partial charge is 0.233 e.